The minimum Gasteiger partial charge on any atom is -0.497 e. The lowest BCUT2D eigenvalue weighted by Gasteiger charge is -2.38. The number of nitrogens with one attached hydrogen (secondary N) is 1. The van der Waals surface area contributed by atoms with Crippen molar-refractivity contribution in [2.75, 3.05) is 7.11 Å². The highest BCUT2D eigenvalue weighted by atomic mass is 16.5. The lowest BCUT2D eigenvalue weighted by atomic mass is 9.89. The monoisotopic (exact) mass is 411 g/mol. The number of carbonyl (C=O) groups excluding carboxylic acids is 1. The second-order valence-corrected chi connectivity index (χ2v) is 8.99. The molecule has 0 saturated carbocycles. The molecule has 0 radical (unpaired) electrons. The van der Waals surface area contributed by atoms with Gasteiger partial charge in [-0.15, -0.1) is 0 Å². The van der Waals surface area contributed by atoms with Gasteiger partial charge in [0.2, 0.25) is 0 Å². The second-order valence-electron chi connectivity index (χ2n) is 8.99. The molecular formula is C25H33NO4. The van der Waals surface area contributed by atoms with E-state index in [2.05, 4.69) is 31.3 Å². The van der Waals surface area contributed by atoms with Gasteiger partial charge in [-0.05, 0) is 62.9 Å². The minimum atomic E-state index is -0.614. The lowest BCUT2D eigenvalue weighted by molar-refractivity contribution is -0.128. The van der Waals surface area contributed by atoms with Crippen LogP contribution >= 0.6 is 0 Å². The van der Waals surface area contributed by atoms with Crippen molar-refractivity contribution in [3.05, 3.63) is 53.1 Å². The van der Waals surface area contributed by atoms with Crippen molar-refractivity contribution in [3.63, 3.8) is 0 Å². The van der Waals surface area contributed by atoms with Crippen LogP contribution in [-0.2, 0) is 4.79 Å². The molecule has 1 N–H and O–H groups in total. The van der Waals surface area contributed by atoms with E-state index in [-0.39, 0.29) is 11.9 Å². The molecule has 0 bridgehead atoms. The van der Waals surface area contributed by atoms with E-state index in [0.717, 1.165) is 33.9 Å². The number of fused-ring (bicyclic) bond motifs is 1. The molecule has 30 heavy (non-hydrogen) atoms. The van der Waals surface area contributed by atoms with Gasteiger partial charge in [0.05, 0.1) is 13.2 Å². The maximum atomic E-state index is 13.0. The number of hydrogen-bond donors (Lipinski definition) is 1. The smallest absolute Gasteiger partial charge is 0.261 e. The van der Waals surface area contributed by atoms with E-state index in [1.54, 1.807) is 14.0 Å². The third-order valence-corrected chi connectivity index (χ3v) is 5.46. The molecule has 0 aliphatic carbocycles. The van der Waals surface area contributed by atoms with Crippen LogP contribution < -0.4 is 19.5 Å². The van der Waals surface area contributed by atoms with Crippen LogP contribution in [0.1, 0.15) is 69.7 Å². The average molecular weight is 412 g/mol. The molecular weight excluding hydrogens is 378 g/mol. The molecule has 0 saturated heterocycles. The summed E-state index contributed by atoms with van der Waals surface area (Å²) in [6.45, 7) is 12.1. The molecule has 2 atom stereocenters. The first-order chi connectivity index (χ1) is 14.1. The zero-order chi connectivity index (χ0) is 22.1. The Kier molecular flexibility index (Phi) is 6.30. The third-order valence-electron chi connectivity index (χ3n) is 5.46. The largest absolute Gasteiger partial charge is 0.497 e. The highest BCUT2D eigenvalue weighted by Gasteiger charge is 2.35. The molecule has 5 nitrogen and oxygen atoms in total. The van der Waals surface area contributed by atoms with Gasteiger partial charge >= 0.3 is 0 Å². The van der Waals surface area contributed by atoms with E-state index in [1.807, 2.05) is 45.0 Å². The number of amides is 1. The molecule has 1 heterocycles. The summed E-state index contributed by atoms with van der Waals surface area (Å²) in [6, 6.07) is 11.7. The first kappa shape index (κ1) is 22.0. The van der Waals surface area contributed by atoms with Crippen LogP contribution in [0.4, 0.5) is 0 Å². The Morgan fingerprint density at radius 1 is 1.17 bits per heavy atom. The van der Waals surface area contributed by atoms with Crippen molar-refractivity contribution in [1.82, 2.24) is 5.32 Å². The van der Waals surface area contributed by atoms with Gasteiger partial charge < -0.3 is 19.5 Å². The van der Waals surface area contributed by atoms with Gasteiger partial charge in [0.1, 0.15) is 22.8 Å². The zero-order valence-corrected chi connectivity index (χ0v) is 19.0. The Labute approximate surface area is 179 Å². The highest BCUT2D eigenvalue weighted by molar-refractivity contribution is 5.81. The third kappa shape index (κ3) is 4.89. The van der Waals surface area contributed by atoms with Crippen molar-refractivity contribution in [3.8, 4) is 17.2 Å². The summed E-state index contributed by atoms with van der Waals surface area (Å²) in [6.07, 6.45) is 0.0592. The normalized spacial score (nSPS) is 18.2. The van der Waals surface area contributed by atoms with Crippen molar-refractivity contribution in [1.29, 1.82) is 0 Å². The quantitative estimate of drug-likeness (QED) is 0.700. The molecule has 0 aromatic heterocycles. The Balaban J connectivity index is 1.78. The number of ether oxygens (including phenoxy) is 3. The standard InChI is InChI=1S/C25H33NO4/c1-15(2)19-10-8-16(3)12-22(19)29-17(4)24(27)26-21-14-25(5,6)30-23-13-18(28-7)9-11-20(21)23/h8-13,15,17,21H,14H2,1-7H3,(H,26,27)/t17-,21-/m1/s1. The summed E-state index contributed by atoms with van der Waals surface area (Å²) in [5.41, 5.74) is 2.76. The van der Waals surface area contributed by atoms with Crippen molar-refractivity contribution < 1.29 is 19.0 Å². The molecule has 2 aromatic carbocycles. The fourth-order valence-electron chi connectivity index (χ4n) is 3.84. The van der Waals surface area contributed by atoms with E-state index < -0.39 is 11.7 Å². The van der Waals surface area contributed by atoms with Gasteiger partial charge in [-0.1, -0.05) is 26.0 Å². The van der Waals surface area contributed by atoms with Crippen molar-refractivity contribution >= 4 is 5.91 Å². The molecule has 1 amide bonds. The molecule has 5 heteroatoms. The van der Waals surface area contributed by atoms with E-state index in [9.17, 15) is 4.79 Å². The molecule has 1 aliphatic rings. The van der Waals surface area contributed by atoms with Crippen LogP contribution in [0.3, 0.4) is 0 Å². The van der Waals surface area contributed by atoms with E-state index in [1.165, 1.54) is 0 Å². The Morgan fingerprint density at radius 3 is 2.57 bits per heavy atom. The number of aryl methyl sites for hydroxylation is 1. The summed E-state index contributed by atoms with van der Waals surface area (Å²) < 4.78 is 17.5. The van der Waals surface area contributed by atoms with Crippen LogP contribution in [0.5, 0.6) is 17.2 Å². The van der Waals surface area contributed by atoms with Crippen LogP contribution in [0.25, 0.3) is 0 Å². The minimum absolute atomic E-state index is 0.143. The van der Waals surface area contributed by atoms with Gasteiger partial charge in [-0.25, -0.2) is 0 Å². The lowest BCUT2D eigenvalue weighted by Crippen LogP contribution is -2.44. The first-order valence-electron chi connectivity index (χ1n) is 10.5. The topological polar surface area (TPSA) is 56.8 Å². The predicted molar refractivity (Wildman–Crippen MR) is 119 cm³/mol. The first-order valence-corrected chi connectivity index (χ1v) is 10.5. The van der Waals surface area contributed by atoms with E-state index in [4.69, 9.17) is 14.2 Å². The van der Waals surface area contributed by atoms with Crippen LogP contribution in [0.2, 0.25) is 0 Å². The van der Waals surface area contributed by atoms with Crippen molar-refractivity contribution in [2.45, 2.75) is 71.6 Å². The fourth-order valence-corrected chi connectivity index (χ4v) is 3.84. The highest BCUT2D eigenvalue weighted by Crippen LogP contribution is 2.41. The summed E-state index contributed by atoms with van der Waals surface area (Å²) >= 11 is 0. The van der Waals surface area contributed by atoms with E-state index >= 15 is 0 Å². The van der Waals surface area contributed by atoms with Gasteiger partial charge in [0, 0.05) is 18.1 Å². The van der Waals surface area contributed by atoms with Crippen molar-refractivity contribution in [2.24, 2.45) is 0 Å². The summed E-state index contributed by atoms with van der Waals surface area (Å²) in [5.74, 6) is 2.41. The number of rotatable bonds is 6. The molecule has 2 aromatic rings. The molecule has 162 valence electrons. The van der Waals surface area contributed by atoms with Crippen LogP contribution in [0.15, 0.2) is 36.4 Å². The summed E-state index contributed by atoms with van der Waals surface area (Å²) in [4.78, 5) is 13.0. The van der Waals surface area contributed by atoms with Crippen LogP contribution in [-0.4, -0.2) is 24.7 Å². The average Bonchev–Trinajstić information content (AvgIpc) is 2.66. The van der Waals surface area contributed by atoms with Crippen LogP contribution in [0, 0.1) is 6.92 Å². The summed E-state index contributed by atoms with van der Waals surface area (Å²) in [7, 11) is 1.63. The number of methoxy groups -OCH3 is 1. The maximum Gasteiger partial charge on any atom is 0.261 e. The van der Waals surface area contributed by atoms with Gasteiger partial charge in [0.25, 0.3) is 5.91 Å². The predicted octanol–water partition coefficient (Wildman–Crippen LogP) is 5.31. The molecule has 0 fully saturated rings. The Morgan fingerprint density at radius 2 is 1.90 bits per heavy atom. The van der Waals surface area contributed by atoms with Gasteiger partial charge in [-0.2, -0.15) is 0 Å². The molecule has 0 spiro atoms. The summed E-state index contributed by atoms with van der Waals surface area (Å²) in [5, 5.41) is 3.17. The SMILES string of the molecule is COc1ccc2c(c1)OC(C)(C)C[C@H]2NC(=O)[C@@H](C)Oc1cc(C)ccc1C(C)C. The number of benzene rings is 2. The second kappa shape index (κ2) is 8.58. The van der Waals surface area contributed by atoms with Gasteiger partial charge in [-0.3, -0.25) is 4.79 Å². The zero-order valence-electron chi connectivity index (χ0n) is 19.0. The fraction of sp³-hybridized carbons (Fsp3) is 0.480. The number of hydrogen-bond acceptors (Lipinski definition) is 4. The molecule has 1 aliphatic heterocycles. The molecule has 3 rings (SSSR count). The Hall–Kier alpha value is -2.69. The van der Waals surface area contributed by atoms with Gasteiger partial charge in [0.15, 0.2) is 6.10 Å². The van der Waals surface area contributed by atoms with E-state index in [0.29, 0.717) is 12.3 Å². The maximum absolute atomic E-state index is 13.0. The number of carbonyl (C=O) groups is 1. The Bertz CT molecular complexity index is 919. The molecule has 0 unspecified atom stereocenters.